The van der Waals surface area contributed by atoms with Crippen LogP contribution in [-0.2, 0) is 4.74 Å². The van der Waals surface area contributed by atoms with E-state index in [-0.39, 0.29) is 17.4 Å². The van der Waals surface area contributed by atoms with Crippen LogP contribution in [0.2, 0.25) is 0 Å². The number of anilines is 1. The van der Waals surface area contributed by atoms with Gasteiger partial charge in [0.2, 0.25) is 0 Å². The molecule has 3 aliphatic rings. The molecule has 1 aromatic carbocycles. The third-order valence-electron chi connectivity index (χ3n) is 8.26. The van der Waals surface area contributed by atoms with E-state index in [1.165, 1.54) is 25.0 Å². The lowest BCUT2D eigenvalue weighted by atomic mass is 9.97. The van der Waals surface area contributed by atoms with Gasteiger partial charge in [0.25, 0.3) is 0 Å². The van der Waals surface area contributed by atoms with Crippen molar-refractivity contribution in [3.8, 4) is 5.69 Å². The highest BCUT2D eigenvalue weighted by molar-refractivity contribution is 5.98. The molecule has 38 heavy (non-hydrogen) atoms. The molecule has 0 aliphatic carbocycles. The van der Waals surface area contributed by atoms with Gasteiger partial charge in [-0.3, -0.25) is 9.80 Å². The van der Waals surface area contributed by atoms with E-state index in [2.05, 4.69) is 33.5 Å². The Balaban J connectivity index is 1.26. The number of ether oxygens (including phenoxy) is 1. The van der Waals surface area contributed by atoms with Crippen LogP contribution < -0.4 is 4.90 Å². The molecule has 3 fully saturated rings. The van der Waals surface area contributed by atoms with E-state index in [1.807, 2.05) is 0 Å². The van der Waals surface area contributed by atoms with Crippen molar-refractivity contribution < 1.29 is 19.0 Å². The molecule has 0 saturated carbocycles. The van der Waals surface area contributed by atoms with Gasteiger partial charge < -0.3 is 14.7 Å². The average Bonchev–Trinajstić information content (AvgIpc) is 3.29. The Kier molecular flexibility index (Phi) is 6.79. The zero-order valence-electron chi connectivity index (χ0n) is 22.0. The third kappa shape index (κ3) is 4.65. The molecule has 0 bridgehead atoms. The number of carbonyl (C=O) groups is 1. The molecule has 0 amide bonds. The first-order valence-electron chi connectivity index (χ1n) is 13.6. The van der Waals surface area contributed by atoms with Crippen LogP contribution in [-0.4, -0.2) is 100 Å². The summed E-state index contributed by atoms with van der Waals surface area (Å²) >= 11 is 0. The molecule has 5 heterocycles. The van der Waals surface area contributed by atoms with Crippen molar-refractivity contribution in [2.45, 2.75) is 44.7 Å². The molecule has 6 rings (SSSR count). The van der Waals surface area contributed by atoms with Crippen molar-refractivity contribution in [2.75, 3.05) is 57.4 Å². The van der Waals surface area contributed by atoms with E-state index in [0.29, 0.717) is 23.4 Å². The van der Waals surface area contributed by atoms with Crippen LogP contribution in [0.4, 0.5) is 10.1 Å². The standard InChI is InChI=1S/C28H35FN6O3/c1-18(2)26-25-24(15-23(28(36)37)30-27(25)35(31-26)21-5-3-19(29)4-6-21)34-16-22(17-34)32-9-7-20(8-10-32)33-11-13-38-14-12-33/h3-6,15,18,20,22H,7-14,16-17H2,1-2H3,(H,36,37). The molecule has 0 unspecified atom stereocenters. The molecule has 3 aromatic rings. The molecule has 0 atom stereocenters. The summed E-state index contributed by atoms with van der Waals surface area (Å²) in [6.07, 6.45) is 2.36. The third-order valence-corrected chi connectivity index (χ3v) is 8.26. The fourth-order valence-electron chi connectivity index (χ4n) is 6.09. The highest BCUT2D eigenvalue weighted by Crippen LogP contribution is 2.37. The average molecular weight is 523 g/mol. The predicted molar refractivity (Wildman–Crippen MR) is 143 cm³/mol. The van der Waals surface area contributed by atoms with E-state index in [9.17, 15) is 14.3 Å². The van der Waals surface area contributed by atoms with Crippen LogP contribution in [0, 0.1) is 5.82 Å². The zero-order valence-corrected chi connectivity index (χ0v) is 22.0. The Morgan fingerprint density at radius 2 is 1.68 bits per heavy atom. The van der Waals surface area contributed by atoms with E-state index in [1.54, 1.807) is 22.9 Å². The summed E-state index contributed by atoms with van der Waals surface area (Å²) in [4.78, 5) is 24.0. The topological polar surface area (TPSA) is 87.0 Å². The Morgan fingerprint density at radius 1 is 1.03 bits per heavy atom. The van der Waals surface area contributed by atoms with Crippen LogP contribution >= 0.6 is 0 Å². The van der Waals surface area contributed by atoms with Crippen molar-refractivity contribution in [2.24, 2.45) is 0 Å². The number of aromatic carboxylic acids is 1. The van der Waals surface area contributed by atoms with E-state index in [4.69, 9.17) is 9.84 Å². The Morgan fingerprint density at radius 3 is 2.32 bits per heavy atom. The number of piperidine rings is 1. The van der Waals surface area contributed by atoms with Crippen molar-refractivity contribution in [1.29, 1.82) is 0 Å². The summed E-state index contributed by atoms with van der Waals surface area (Å²) < 4.78 is 20.8. The second-order valence-corrected chi connectivity index (χ2v) is 10.9. The minimum Gasteiger partial charge on any atom is -0.477 e. The zero-order chi connectivity index (χ0) is 26.4. The minimum atomic E-state index is -1.08. The van der Waals surface area contributed by atoms with Crippen LogP contribution in [0.5, 0.6) is 0 Å². The first kappa shape index (κ1) is 25.2. The molecular formula is C28H35FN6O3. The molecule has 202 valence electrons. The molecule has 3 saturated heterocycles. The molecule has 2 aromatic heterocycles. The SMILES string of the molecule is CC(C)c1nn(-c2ccc(F)cc2)c2nc(C(=O)O)cc(N3CC(N4CCC(N5CCOCC5)CC4)C3)c12. The number of halogens is 1. The van der Waals surface area contributed by atoms with Crippen molar-refractivity contribution in [1.82, 2.24) is 24.6 Å². The van der Waals surface area contributed by atoms with Gasteiger partial charge in [-0.25, -0.2) is 18.9 Å². The largest absolute Gasteiger partial charge is 0.477 e. The Hall–Kier alpha value is -3.08. The number of carboxylic acids is 1. The first-order valence-corrected chi connectivity index (χ1v) is 13.6. The first-order chi connectivity index (χ1) is 18.4. The van der Waals surface area contributed by atoms with Crippen LogP contribution in [0.25, 0.3) is 16.7 Å². The van der Waals surface area contributed by atoms with Gasteiger partial charge in [0.1, 0.15) is 5.82 Å². The van der Waals surface area contributed by atoms with E-state index < -0.39 is 5.97 Å². The number of aromatic nitrogens is 3. The van der Waals surface area contributed by atoms with Crippen LogP contribution in [0.3, 0.4) is 0 Å². The normalized spacial score (nSPS) is 20.4. The van der Waals surface area contributed by atoms with E-state index >= 15 is 0 Å². The van der Waals surface area contributed by atoms with Gasteiger partial charge in [0, 0.05) is 51.4 Å². The Labute approximate surface area is 221 Å². The number of hydrogen-bond donors (Lipinski definition) is 1. The van der Waals surface area contributed by atoms with Gasteiger partial charge in [0.15, 0.2) is 11.3 Å². The number of likely N-dealkylation sites (tertiary alicyclic amines) is 1. The quantitative estimate of drug-likeness (QED) is 0.528. The Bertz CT molecular complexity index is 1310. The number of morpholine rings is 1. The number of benzene rings is 1. The number of carboxylic acid groups (broad SMARTS) is 1. The molecule has 9 nitrogen and oxygen atoms in total. The maximum atomic E-state index is 13.6. The smallest absolute Gasteiger partial charge is 0.354 e. The van der Waals surface area contributed by atoms with Crippen molar-refractivity contribution >= 4 is 22.7 Å². The van der Waals surface area contributed by atoms with Crippen molar-refractivity contribution in [3.05, 3.63) is 47.5 Å². The molecule has 0 radical (unpaired) electrons. The molecule has 1 N–H and O–H groups in total. The lowest BCUT2D eigenvalue weighted by Crippen LogP contribution is -2.62. The molecule has 10 heteroatoms. The number of hydrogen-bond acceptors (Lipinski definition) is 7. The van der Waals surface area contributed by atoms with Gasteiger partial charge >= 0.3 is 5.97 Å². The number of pyridine rings is 1. The molecule has 0 spiro atoms. The van der Waals surface area contributed by atoms with Gasteiger partial charge in [-0.1, -0.05) is 13.8 Å². The van der Waals surface area contributed by atoms with Gasteiger partial charge in [0.05, 0.1) is 35.7 Å². The highest BCUT2D eigenvalue weighted by Gasteiger charge is 2.37. The summed E-state index contributed by atoms with van der Waals surface area (Å²) in [6, 6.07) is 8.82. The summed E-state index contributed by atoms with van der Waals surface area (Å²) in [5.74, 6) is -1.31. The fourth-order valence-corrected chi connectivity index (χ4v) is 6.09. The van der Waals surface area contributed by atoms with Gasteiger partial charge in [-0.15, -0.1) is 0 Å². The number of nitrogens with zero attached hydrogens (tertiary/aromatic N) is 6. The second-order valence-electron chi connectivity index (χ2n) is 10.9. The summed E-state index contributed by atoms with van der Waals surface area (Å²) in [5, 5.41) is 15.6. The van der Waals surface area contributed by atoms with Crippen LogP contribution in [0.1, 0.15) is 48.8 Å². The number of rotatable bonds is 6. The minimum absolute atomic E-state index is 0.0131. The second kappa shape index (κ2) is 10.2. The maximum Gasteiger partial charge on any atom is 0.354 e. The predicted octanol–water partition coefficient (Wildman–Crippen LogP) is 3.37. The van der Waals surface area contributed by atoms with E-state index in [0.717, 1.165) is 69.2 Å². The molecule has 3 aliphatic heterocycles. The monoisotopic (exact) mass is 522 g/mol. The lowest BCUT2D eigenvalue weighted by molar-refractivity contribution is -0.00469. The van der Waals surface area contributed by atoms with Gasteiger partial charge in [-0.2, -0.15) is 5.10 Å². The van der Waals surface area contributed by atoms with Crippen molar-refractivity contribution in [3.63, 3.8) is 0 Å². The summed E-state index contributed by atoms with van der Waals surface area (Å²) in [6.45, 7) is 11.8. The summed E-state index contributed by atoms with van der Waals surface area (Å²) in [7, 11) is 0. The number of fused-ring (bicyclic) bond motifs is 1. The fraction of sp³-hybridized carbons (Fsp3) is 0.536. The van der Waals surface area contributed by atoms with Crippen LogP contribution in [0.15, 0.2) is 30.3 Å². The lowest BCUT2D eigenvalue weighted by Gasteiger charge is -2.50. The van der Waals surface area contributed by atoms with Gasteiger partial charge in [-0.05, 0) is 49.1 Å². The maximum absolute atomic E-state index is 13.6. The summed E-state index contributed by atoms with van der Waals surface area (Å²) in [5.41, 5.74) is 2.85. The molecular weight excluding hydrogens is 487 g/mol. The highest BCUT2D eigenvalue weighted by atomic mass is 19.1.